The summed E-state index contributed by atoms with van der Waals surface area (Å²) in [6.07, 6.45) is 0. The van der Waals surface area contributed by atoms with Crippen molar-refractivity contribution in [2.45, 2.75) is 19.9 Å². The Bertz CT molecular complexity index is 331. The van der Waals surface area contributed by atoms with Gasteiger partial charge in [-0.3, -0.25) is 0 Å². The number of nitrogens with one attached hydrogen (secondary N) is 1. The Labute approximate surface area is 95.6 Å². The van der Waals surface area contributed by atoms with Crippen LogP contribution in [-0.2, 0) is 4.74 Å². The van der Waals surface area contributed by atoms with E-state index in [1.165, 1.54) is 13.2 Å². The summed E-state index contributed by atoms with van der Waals surface area (Å²) in [7, 11) is 1.53. The summed E-state index contributed by atoms with van der Waals surface area (Å²) in [5, 5.41) is 3.16. The lowest BCUT2D eigenvalue weighted by molar-refractivity contribution is 0.0509. The summed E-state index contributed by atoms with van der Waals surface area (Å²) in [6, 6.07) is 4.85. The molecule has 0 spiro atoms. The third kappa shape index (κ3) is 3.47. The van der Waals surface area contributed by atoms with Gasteiger partial charge in [0.1, 0.15) is 11.6 Å². The average molecular weight is 227 g/mol. The Hall–Kier alpha value is -1.13. The van der Waals surface area contributed by atoms with Gasteiger partial charge in [-0.25, -0.2) is 4.39 Å². The molecule has 3 nitrogen and oxygen atoms in total. The van der Waals surface area contributed by atoms with Crippen LogP contribution in [0.3, 0.4) is 0 Å². The summed E-state index contributed by atoms with van der Waals surface area (Å²) >= 11 is 0. The number of hydrogen-bond acceptors (Lipinski definition) is 3. The average Bonchev–Trinajstić information content (AvgIpc) is 2.26. The van der Waals surface area contributed by atoms with Crippen molar-refractivity contribution in [3.05, 3.63) is 29.6 Å². The molecule has 0 bridgehead atoms. The Morgan fingerprint density at radius 3 is 2.75 bits per heavy atom. The van der Waals surface area contributed by atoms with E-state index in [9.17, 15) is 4.39 Å². The van der Waals surface area contributed by atoms with E-state index < -0.39 is 0 Å². The quantitative estimate of drug-likeness (QED) is 0.757. The molecule has 0 heterocycles. The van der Waals surface area contributed by atoms with Gasteiger partial charge in [-0.15, -0.1) is 0 Å². The second kappa shape index (κ2) is 6.45. The van der Waals surface area contributed by atoms with Crippen molar-refractivity contribution in [2.24, 2.45) is 0 Å². The van der Waals surface area contributed by atoms with Crippen molar-refractivity contribution >= 4 is 0 Å². The fourth-order valence-electron chi connectivity index (χ4n) is 1.49. The van der Waals surface area contributed by atoms with Gasteiger partial charge in [-0.1, -0.05) is 13.0 Å². The topological polar surface area (TPSA) is 30.5 Å². The van der Waals surface area contributed by atoms with Gasteiger partial charge in [0.05, 0.1) is 0 Å². The Morgan fingerprint density at radius 2 is 2.19 bits per heavy atom. The summed E-state index contributed by atoms with van der Waals surface area (Å²) in [5.41, 5.74) is 0.645. The van der Waals surface area contributed by atoms with E-state index >= 15 is 0 Å². The van der Waals surface area contributed by atoms with Gasteiger partial charge < -0.3 is 14.8 Å². The molecule has 1 aromatic carbocycles. The van der Waals surface area contributed by atoms with Crippen molar-refractivity contribution in [2.75, 3.05) is 20.4 Å². The van der Waals surface area contributed by atoms with Crippen molar-refractivity contribution in [3.63, 3.8) is 0 Å². The highest BCUT2D eigenvalue weighted by atomic mass is 19.1. The molecule has 0 amide bonds. The van der Waals surface area contributed by atoms with E-state index in [0.717, 1.165) is 6.54 Å². The van der Waals surface area contributed by atoms with Crippen LogP contribution in [0.15, 0.2) is 18.2 Å². The van der Waals surface area contributed by atoms with Crippen LogP contribution in [0, 0.1) is 5.82 Å². The summed E-state index contributed by atoms with van der Waals surface area (Å²) in [5.74, 6) is 0.217. The zero-order chi connectivity index (χ0) is 12.0. The molecule has 0 saturated heterocycles. The number of benzene rings is 1. The molecule has 90 valence electrons. The molecule has 16 heavy (non-hydrogen) atoms. The monoisotopic (exact) mass is 227 g/mol. The standard InChI is InChI=1S/C12H18FNO2/c1-4-14-9(2)11-6-5-10(7-12(11)13)16-8-15-3/h5-7,9,14H,4,8H2,1-3H3. The van der Waals surface area contributed by atoms with Crippen LogP contribution in [0.25, 0.3) is 0 Å². The van der Waals surface area contributed by atoms with Gasteiger partial charge in [0.15, 0.2) is 6.79 Å². The highest BCUT2D eigenvalue weighted by Crippen LogP contribution is 2.21. The molecule has 1 unspecified atom stereocenters. The minimum atomic E-state index is -0.262. The van der Waals surface area contributed by atoms with Crippen LogP contribution < -0.4 is 10.1 Å². The molecular formula is C12H18FNO2. The fraction of sp³-hybridized carbons (Fsp3) is 0.500. The predicted molar refractivity (Wildman–Crippen MR) is 61.0 cm³/mol. The SMILES string of the molecule is CCNC(C)c1ccc(OCOC)cc1F. The van der Waals surface area contributed by atoms with Gasteiger partial charge in [0.25, 0.3) is 0 Å². The summed E-state index contributed by atoms with van der Waals surface area (Å²) in [4.78, 5) is 0. The van der Waals surface area contributed by atoms with Gasteiger partial charge in [0, 0.05) is 24.8 Å². The molecule has 1 atom stereocenters. The molecule has 0 radical (unpaired) electrons. The number of rotatable bonds is 6. The molecule has 0 aromatic heterocycles. The van der Waals surface area contributed by atoms with Crippen LogP contribution in [0.1, 0.15) is 25.5 Å². The molecule has 0 aliphatic carbocycles. The van der Waals surface area contributed by atoms with Gasteiger partial charge in [-0.2, -0.15) is 0 Å². The zero-order valence-electron chi connectivity index (χ0n) is 9.92. The van der Waals surface area contributed by atoms with Gasteiger partial charge >= 0.3 is 0 Å². The first-order valence-electron chi connectivity index (χ1n) is 5.33. The van der Waals surface area contributed by atoms with Crippen LogP contribution in [-0.4, -0.2) is 20.4 Å². The molecule has 1 rings (SSSR count). The van der Waals surface area contributed by atoms with E-state index in [1.807, 2.05) is 13.8 Å². The van der Waals surface area contributed by atoms with Gasteiger partial charge in [0.2, 0.25) is 0 Å². The lowest BCUT2D eigenvalue weighted by Gasteiger charge is -2.14. The third-order valence-corrected chi connectivity index (χ3v) is 2.29. The maximum atomic E-state index is 13.7. The first-order valence-corrected chi connectivity index (χ1v) is 5.33. The lowest BCUT2D eigenvalue weighted by atomic mass is 10.1. The smallest absolute Gasteiger partial charge is 0.188 e. The van der Waals surface area contributed by atoms with Crippen molar-refractivity contribution < 1.29 is 13.9 Å². The first-order chi connectivity index (χ1) is 7.69. The fourth-order valence-corrected chi connectivity index (χ4v) is 1.49. The van der Waals surface area contributed by atoms with Crippen molar-refractivity contribution in [3.8, 4) is 5.75 Å². The first kappa shape index (κ1) is 12.9. The van der Waals surface area contributed by atoms with Crippen LogP contribution in [0.4, 0.5) is 4.39 Å². The number of ether oxygens (including phenoxy) is 2. The Balaban J connectivity index is 2.74. The normalized spacial score (nSPS) is 12.5. The number of hydrogen-bond donors (Lipinski definition) is 1. The minimum Gasteiger partial charge on any atom is -0.467 e. The predicted octanol–water partition coefficient (Wildman–Crippen LogP) is 2.48. The maximum Gasteiger partial charge on any atom is 0.188 e. The van der Waals surface area contributed by atoms with Crippen LogP contribution in [0.2, 0.25) is 0 Å². The van der Waals surface area contributed by atoms with Crippen molar-refractivity contribution in [1.82, 2.24) is 5.32 Å². The minimum absolute atomic E-state index is 0.00137. The molecule has 1 N–H and O–H groups in total. The highest BCUT2D eigenvalue weighted by molar-refractivity contribution is 5.30. The van der Waals surface area contributed by atoms with Gasteiger partial charge in [-0.05, 0) is 19.5 Å². The van der Waals surface area contributed by atoms with Crippen molar-refractivity contribution in [1.29, 1.82) is 0 Å². The molecular weight excluding hydrogens is 209 g/mol. The molecule has 4 heteroatoms. The second-order valence-corrected chi connectivity index (χ2v) is 3.51. The van der Waals surface area contributed by atoms with Crippen LogP contribution >= 0.6 is 0 Å². The molecule has 0 saturated carbocycles. The van der Waals surface area contributed by atoms with E-state index in [-0.39, 0.29) is 18.7 Å². The largest absolute Gasteiger partial charge is 0.467 e. The Morgan fingerprint density at radius 1 is 1.44 bits per heavy atom. The molecule has 0 aliphatic rings. The molecule has 0 aliphatic heterocycles. The summed E-state index contributed by atoms with van der Waals surface area (Å²) < 4.78 is 23.6. The molecule has 0 fully saturated rings. The van der Waals surface area contributed by atoms with E-state index in [4.69, 9.17) is 9.47 Å². The third-order valence-electron chi connectivity index (χ3n) is 2.29. The number of halogens is 1. The highest BCUT2D eigenvalue weighted by Gasteiger charge is 2.10. The number of methoxy groups -OCH3 is 1. The van der Waals surface area contributed by atoms with E-state index in [0.29, 0.717) is 11.3 Å². The molecule has 1 aromatic rings. The lowest BCUT2D eigenvalue weighted by Crippen LogP contribution is -2.18. The second-order valence-electron chi connectivity index (χ2n) is 3.51. The Kier molecular flexibility index (Phi) is 5.22. The zero-order valence-corrected chi connectivity index (χ0v) is 9.92. The summed E-state index contributed by atoms with van der Waals surface area (Å²) in [6.45, 7) is 4.85. The maximum absolute atomic E-state index is 13.7. The van der Waals surface area contributed by atoms with E-state index in [1.54, 1.807) is 12.1 Å². The van der Waals surface area contributed by atoms with Crippen LogP contribution in [0.5, 0.6) is 5.75 Å². The van der Waals surface area contributed by atoms with E-state index in [2.05, 4.69) is 5.32 Å².